The van der Waals surface area contributed by atoms with Gasteiger partial charge in [0.1, 0.15) is 30.4 Å². The first-order valence-electron chi connectivity index (χ1n) is 18.6. The molecule has 0 unspecified atom stereocenters. The van der Waals surface area contributed by atoms with Gasteiger partial charge in [-0.2, -0.15) is 0 Å². The number of ether oxygens (including phenoxy) is 7. The number of fused-ring (bicyclic) bond motifs is 3. The van der Waals surface area contributed by atoms with Gasteiger partial charge in [-0.15, -0.1) is 16.9 Å². The molecule has 0 saturated carbocycles. The van der Waals surface area contributed by atoms with Crippen LogP contribution in [-0.2, 0) is 69.4 Å². The van der Waals surface area contributed by atoms with E-state index in [0.717, 1.165) is 54.8 Å². The number of benzene rings is 2. The standard InChI is InChI=1S/C40H48N4O13S/c1-22(45)51-20-33-35(53-23(2)46)36(54-24(3)47)37(55-25(4)48)38(56-33)58-21-27-18-44(43-42-27)17-26(16-34(49)57-40(5,6)7)41-39(50)52-19-32-30-14-10-8-12-28(30)29-13-9-11-15-31(29)32/h8-15,18,26,32-33,35-38H,16-17,19-21H2,1-7H3,(H,41,50)/t26-,33+,35+,36-,37+,38-/m0/s1. The van der Waals surface area contributed by atoms with E-state index >= 15 is 0 Å². The van der Waals surface area contributed by atoms with Crippen molar-refractivity contribution in [2.24, 2.45) is 0 Å². The summed E-state index contributed by atoms with van der Waals surface area (Å²) in [7, 11) is 0. The Bertz CT molecular complexity index is 1940. The van der Waals surface area contributed by atoms with E-state index in [2.05, 4.69) is 15.6 Å². The van der Waals surface area contributed by atoms with Crippen LogP contribution in [0.25, 0.3) is 11.1 Å². The fraction of sp³-hybridized carbons (Fsp3) is 0.500. The van der Waals surface area contributed by atoms with Crippen LogP contribution in [0, 0.1) is 0 Å². The molecular weight excluding hydrogens is 777 g/mol. The molecule has 5 rings (SSSR count). The van der Waals surface area contributed by atoms with Crippen molar-refractivity contribution < 1.29 is 61.9 Å². The molecule has 1 aromatic heterocycles. The number of amides is 1. The van der Waals surface area contributed by atoms with Gasteiger partial charge in [-0.05, 0) is 43.0 Å². The van der Waals surface area contributed by atoms with Crippen LogP contribution in [0.3, 0.4) is 0 Å². The summed E-state index contributed by atoms with van der Waals surface area (Å²) in [5.41, 5.74) is 2.92. The van der Waals surface area contributed by atoms with Crippen LogP contribution in [-0.4, -0.2) is 106 Å². The van der Waals surface area contributed by atoms with Crippen molar-refractivity contribution in [3.05, 3.63) is 71.5 Å². The highest BCUT2D eigenvalue weighted by atomic mass is 32.2. The summed E-state index contributed by atoms with van der Waals surface area (Å²) in [4.78, 5) is 74.4. The second-order valence-electron chi connectivity index (χ2n) is 14.8. The lowest BCUT2D eigenvalue weighted by Gasteiger charge is -2.44. The molecule has 1 fully saturated rings. The highest BCUT2D eigenvalue weighted by molar-refractivity contribution is 7.99. The van der Waals surface area contributed by atoms with E-state index in [0.29, 0.717) is 5.69 Å². The summed E-state index contributed by atoms with van der Waals surface area (Å²) in [6.07, 6.45) is -4.28. The van der Waals surface area contributed by atoms with Crippen LogP contribution in [0.1, 0.15) is 77.6 Å². The van der Waals surface area contributed by atoms with E-state index in [1.54, 1.807) is 27.0 Å². The number of carbonyl (C=O) groups excluding carboxylic acids is 6. The molecule has 1 N–H and O–H groups in total. The van der Waals surface area contributed by atoms with E-state index < -0.39 is 77.4 Å². The molecule has 0 bridgehead atoms. The third kappa shape index (κ3) is 12.0. The van der Waals surface area contributed by atoms with Crippen molar-refractivity contribution in [2.45, 2.75) is 115 Å². The van der Waals surface area contributed by atoms with Gasteiger partial charge in [-0.3, -0.25) is 28.7 Å². The lowest BCUT2D eigenvalue weighted by atomic mass is 9.98. The van der Waals surface area contributed by atoms with Crippen LogP contribution in [0.15, 0.2) is 54.7 Å². The fourth-order valence-corrected chi connectivity index (χ4v) is 7.85. The second-order valence-corrected chi connectivity index (χ2v) is 15.9. The fourth-order valence-electron chi connectivity index (χ4n) is 6.76. The molecule has 1 amide bonds. The number of aromatic nitrogens is 3. The van der Waals surface area contributed by atoms with E-state index in [1.807, 2.05) is 48.5 Å². The number of nitrogens with zero attached hydrogens (tertiary/aromatic N) is 3. The summed E-state index contributed by atoms with van der Waals surface area (Å²) >= 11 is 1.11. The molecule has 1 saturated heterocycles. The Morgan fingerprint density at radius 1 is 0.793 bits per heavy atom. The van der Waals surface area contributed by atoms with Gasteiger partial charge in [0.05, 0.1) is 24.7 Å². The van der Waals surface area contributed by atoms with Gasteiger partial charge in [-0.1, -0.05) is 53.7 Å². The molecule has 2 aromatic carbocycles. The number of esters is 5. The van der Waals surface area contributed by atoms with Gasteiger partial charge in [0.25, 0.3) is 0 Å². The van der Waals surface area contributed by atoms with Crippen molar-refractivity contribution in [1.82, 2.24) is 20.3 Å². The summed E-state index contributed by atoms with van der Waals surface area (Å²) in [6.45, 7) is 9.59. The molecule has 2 heterocycles. The number of carbonyl (C=O) groups is 6. The number of hydrogen-bond acceptors (Lipinski definition) is 16. The van der Waals surface area contributed by atoms with E-state index in [1.165, 1.54) is 11.6 Å². The Morgan fingerprint density at radius 2 is 1.38 bits per heavy atom. The first kappa shape index (κ1) is 43.6. The van der Waals surface area contributed by atoms with Crippen molar-refractivity contribution in [2.75, 3.05) is 13.2 Å². The topological polar surface area (TPSA) is 210 Å². The minimum Gasteiger partial charge on any atom is -0.463 e. The van der Waals surface area contributed by atoms with Gasteiger partial charge in [0.2, 0.25) is 0 Å². The molecule has 0 radical (unpaired) electrons. The molecule has 1 aliphatic carbocycles. The van der Waals surface area contributed by atoms with Crippen LogP contribution in [0.2, 0.25) is 0 Å². The molecule has 18 heteroatoms. The Labute approximate surface area is 339 Å². The number of thioether (sulfide) groups is 1. The maximum absolute atomic E-state index is 13.3. The van der Waals surface area contributed by atoms with Crippen molar-refractivity contribution >= 4 is 47.7 Å². The maximum atomic E-state index is 13.3. The molecule has 3 aromatic rings. The van der Waals surface area contributed by atoms with Gasteiger partial charge in [0.15, 0.2) is 18.3 Å². The molecular formula is C40H48N4O13S. The van der Waals surface area contributed by atoms with Gasteiger partial charge in [-0.25, -0.2) is 4.79 Å². The molecule has 17 nitrogen and oxygen atoms in total. The first-order chi connectivity index (χ1) is 27.5. The quantitative estimate of drug-likeness (QED) is 0.168. The molecule has 6 atom stereocenters. The molecule has 2 aliphatic rings. The van der Waals surface area contributed by atoms with Crippen LogP contribution < -0.4 is 5.32 Å². The summed E-state index contributed by atoms with van der Waals surface area (Å²) in [5, 5.41) is 11.2. The second kappa shape index (κ2) is 19.3. The Kier molecular flexibility index (Phi) is 14.5. The Balaban J connectivity index is 1.29. The predicted molar refractivity (Wildman–Crippen MR) is 206 cm³/mol. The zero-order chi connectivity index (χ0) is 42.1. The zero-order valence-corrected chi connectivity index (χ0v) is 34.1. The van der Waals surface area contributed by atoms with E-state index in [-0.39, 0.29) is 37.9 Å². The van der Waals surface area contributed by atoms with Gasteiger partial charge < -0.3 is 38.5 Å². The number of alkyl carbamates (subject to hydrolysis) is 1. The van der Waals surface area contributed by atoms with Crippen molar-refractivity contribution in [3.8, 4) is 11.1 Å². The maximum Gasteiger partial charge on any atom is 0.407 e. The molecule has 58 heavy (non-hydrogen) atoms. The van der Waals surface area contributed by atoms with E-state index in [4.69, 9.17) is 33.2 Å². The van der Waals surface area contributed by atoms with E-state index in [9.17, 15) is 28.8 Å². The number of nitrogens with one attached hydrogen (secondary N) is 1. The number of hydrogen-bond donors (Lipinski definition) is 1. The third-order valence-corrected chi connectivity index (χ3v) is 10.0. The van der Waals surface area contributed by atoms with Crippen LogP contribution >= 0.6 is 11.8 Å². The Morgan fingerprint density at radius 3 is 1.97 bits per heavy atom. The highest BCUT2D eigenvalue weighted by Gasteiger charge is 2.52. The minimum absolute atomic E-state index is 0.0140. The summed E-state index contributed by atoms with van der Waals surface area (Å²) in [5.74, 6) is -3.43. The largest absolute Gasteiger partial charge is 0.463 e. The summed E-state index contributed by atoms with van der Waals surface area (Å²) < 4.78 is 40.6. The van der Waals surface area contributed by atoms with Gasteiger partial charge >= 0.3 is 35.9 Å². The molecule has 1 aliphatic heterocycles. The zero-order valence-electron chi connectivity index (χ0n) is 33.3. The lowest BCUT2D eigenvalue weighted by Crippen LogP contribution is -2.61. The Hall–Kier alpha value is -5.49. The van der Waals surface area contributed by atoms with Crippen LogP contribution in [0.5, 0.6) is 0 Å². The van der Waals surface area contributed by atoms with Crippen molar-refractivity contribution in [3.63, 3.8) is 0 Å². The molecule has 0 spiro atoms. The minimum atomic E-state index is -1.31. The van der Waals surface area contributed by atoms with Gasteiger partial charge in [0, 0.05) is 45.6 Å². The smallest absolute Gasteiger partial charge is 0.407 e. The normalized spacial score (nSPS) is 20.4. The average Bonchev–Trinajstić information content (AvgIpc) is 3.71. The van der Waals surface area contributed by atoms with Crippen molar-refractivity contribution in [1.29, 1.82) is 0 Å². The summed E-state index contributed by atoms with van der Waals surface area (Å²) in [6, 6.07) is 15.1. The van der Waals surface area contributed by atoms with Crippen LogP contribution in [0.4, 0.5) is 4.79 Å². The molecule has 312 valence electrons. The monoisotopic (exact) mass is 824 g/mol. The predicted octanol–water partition coefficient (Wildman–Crippen LogP) is 4.23. The third-order valence-electron chi connectivity index (χ3n) is 8.84. The number of rotatable bonds is 15. The first-order valence-corrected chi connectivity index (χ1v) is 19.7. The lowest BCUT2D eigenvalue weighted by molar-refractivity contribution is -0.237. The SMILES string of the molecule is CC(=O)OC[C@H]1O[C@@H](SCc2cn(C[C@H](CC(=O)OC(C)(C)C)NC(=O)OCC3c4ccccc4-c4ccccc43)nn2)[C@H](OC(C)=O)[C@@H](OC(C)=O)[C@@H]1OC(C)=O. The average molecular weight is 825 g/mol. The highest BCUT2D eigenvalue weighted by Crippen LogP contribution is 2.44.